The summed E-state index contributed by atoms with van der Waals surface area (Å²) in [6.07, 6.45) is 9.57. The van der Waals surface area contributed by atoms with Crippen LogP contribution in [0.1, 0.15) is 5.56 Å². The third kappa shape index (κ3) is 3.02. The minimum Gasteiger partial charge on any atom is -0.474 e. The molecule has 1 heterocycles. The average Bonchev–Trinajstić information content (AvgIpc) is 2.56. The molecule has 2 rings (SSSR count). The number of ether oxygens (including phenoxy) is 1. The maximum atomic E-state index is 5.60. The standard InChI is InChI=1S/C13H13NO/c1-3-7-12(8-4-1)11-15-13-9-5-2-6-10-14-13/h1-10,14H,11H2. The van der Waals surface area contributed by atoms with Crippen LogP contribution in [-0.4, -0.2) is 0 Å². The van der Waals surface area contributed by atoms with Gasteiger partial charge in [0, 0.05) is 6.20 Å². The Labute approximate surface area is 89.6 Å². The fourth-order valence-electron chi connectivity index (χ4n) is 1.27. The van der Waals surface area contributed by atoms with Crippen molar-refractivity contribution in [2.45, 2.75) is 6.61 Å². The van der Waals surface area contributed by atoms with Gasteiger partial charge in [0.25, 0.3) is 0 Å². The summed E-state index contributed by atoms with van der Waals surface area (Å²) in [6.45, 7) is 0.585. The van der Waals surface area contributed by atoms with Gasteiger partial charge in [0.05, 0.1) is 0 Å². The van der Waals surface area contributed by atoms with Crippen molar-refractivity contribution in [1.82, 2.24) is 5.32 Å². The Morgan fingerprint density at radius 1 is 1.00 bits per heavy atom. The van der Waals surface area contributed by atoms with Crippen molar-refractivity contribution < 1.29 is 4.74 Å². The second kappa shape index (κ2) is 5.05. The molecule has 0 aliphatic carbocycles. The van der Waals surface area contributed by atoms with Crippen LogP contribution in [0.3, 0.4) is 0 Å². The molecular weight excluding hydrogens is 186 g/mol. The van der Waals surface area contributed by atoms with Gasteiger partial charge in [-0.05, 0) is 17.7 Å². The van der Waals surface area contributed by atoms with E-state index in [1.807, 2.05) is 60.8 Å². The average molecular weight is 199 g/mol. The molecule has 0 aromatic heterocycles. The number of rotatable bonds is 3. The van der Waals surface area contributed by atoms with E-state index in [4.69, 9.17) is 4.74 Å². The highest BCUT2D eigenvalue weighted by molar-refractivity contribution is 5.19. The van der Waals surface area contributed by atoms with Gasteiger partial charge in [-0.1, -0.05) is 42.5 Å². The number of benzene rings is 1. The van der Waals surface area contributed by atoms with Crippen LogP contribution in [0.4, 0.5) is 0 Å². The number of hydrogen-bond donors (Lipinski definition) is 1. The molecule has 0 spiro atoms. The number of allylic oxidation sites excluding steroid dienone is 4. The Hall–Kier alpha value is -1.96. The van der Waals surface area contributed by atoms with Crippen molar-refractivity contribution in [1.29, 1.82) is 0 Å². The fraction of sp³-hybridized carbons (Fsp3) is 0.0769. The van der Waals surface area contributed by atoms with Gasteiger partial charge in [0.1, 0.15) is 6.61 Å². The predicted molar refractivity (Wildman–Crippen MR) is 60.7 cm³/mol. The molecule has 0 unspecified atom stereocenters. The molecule has 2 nitrogen and oxygen atoms in total. The molecule has 0 saturated carbocycles. The first kappa shape index (κ1) is 9.59. The normalized spacial score (nSPS) is 14.0. The van der Waals surface area contributed by atoms with E-state index in [1.165, 1.54) is 0 Å². The highest BCUT2D eigenvalue weighted by Crippen LogP contribution is 2.05. The van der Waals surface area contributed by atoms with Gasteiger partial charge in [-0.2, -0.15) is 0 Å². The van der Waals surface area contributed by atoms with Crippen LogP contribution < -0.4 is 5.32 Å². The molecule has 76 valence electrons. The quantitative estimate of drug-likeness (QED) is 0.808. The lowest BCUT2D eigenvalue weighted by Crippen LogP contribution is -2.07. The van der Waals surface area contributed by atoms with Crippen molar-refractivity contribution >= 4 is 0 Å². The molecule has 1 aromatic carbocycles. The highest BCUT2D eigenvalue weighted by atomic mass is 16.5. The van der Waals surface area contributed by atoms with Gasteiger partial charge in [0.15, 0.2) is 5.88 Å². The molecule has 0 bridgehead atoms. The topological polar surface area (TPSA) is 21.3 Å². The molecule has 1 aliphatic rings. The molecular formula is C13H13NO. The van der Waals surface area contributed by atoms with Crippen LogP contribution >= 0.6 is 0 Å². The van der Waals surface area contributed by atoms with Gasteiger partial charge >= 0.3 is 0 Å². The highest BCUT2D eigenvalue weighted by Gasteiger charge is 1.96. The smallest absolute Gasteiger partial charge is 0.190 e. The minimum absolute atomic E-state index is 0.585. The van der Waals surface area contributed by atoms with Crippen molar-refractivity contribution in [3.8, 4) is 0 Å². The molecule has 0 fully saturated rings. The zero-order chi connectivity index (χ0) is 10.3. The van der Waals surface area contributed by atoms with Crippen LogP contribution in [0.25, 0.3) is 0 Å². The van der Waals surface area contributed by atoms with E-state index >= 15 is 0 Å². The van der Waals surface area contributed by atoms with Crippen LogP contribution in [0.15, 0.2) is 66.7 Å². The summed E-state index contributed by atoms with van der Waals surface area (Å²) in [5.41, 5.74) is 1.16. The van der Waals surface area contributed by atoms with Crippen molar-refractivity contribution in [3.63, 3.8) is 0 Å². The molecule has 1 aliphatic heterocycles. The Morgan fingerprint density at radius 3 is 2.73 bits per heavy atom. The van der Waals surface area contributed by atoms with Crippen LogP contribution in [-0.2, 0) is 11.3 Å². The van der Waals surface area contributed by atoms with Gasteiger partial charge < -0.3 is 10.1 Å². The monoisotopic (exact) mass is 199 g/mol. The molecule has 0 radical (unpaired) electrons. The zero-order valence-electron chi connectivity index (χ0n) is 8.39. The van der Waals surface area contributed by atoms with E-state index in [-0.39, 0.29) is 0 Å². The van der Waals surface area contributed by atoms with Crippen molar-refractivity contribution in [2.24, 2.45) is 0 Å². The Morgan fingerprint density at radius 2 is 1.87 bits per heavy atom. The lowest BCUT2D eigenvalue weighted by Gasteiger charge is -2.08. The fourth-order valence-corrected chi connectivity index (χ4v) is 1.27. The molecule has 15 heavy (non-hydrogen) atoms. The summed E-state index contributed by atoms with van der Waals surface area (Å²) in [4.78, 5) is 0. The van der Waals surface area contributed by atoms with E-state index in [2.05, 4.69) is 5.32 Å². The molecule has 0 amide bonds. The van der Waals surface area contributed by atoms with E-state index in [9.17, 15) is 0 Å². The second-order valence-corrected chi connectivity index (χ2v) is 3.19. The summed E-state index contributed by atoms with van der Waals surface area (Å²) in [6, 6.07) is 10.1. The first-order chi connectivity index (χ1) is 7.45. The van der Waals surface area contributed by atoms with E-state index in [1.54, 1.807) is 0 Å². The molecule has 0 saturated heterocycles. The second-order valence-electron chi connectivity index (χ2n) is 3.19. The maximum Gasteiger partial charge on any atom is 0.190 e. The van der Waals surface area contributed by atoms with Gasteiger partial charge in [-0.25, -0.2) is 0 Å². The maximum absolute atomic E-state index is 5.60. The van der Waals surface area contributed by atoms with Crippen LogP contribution in [0.5, 0.6) is 0 Å². The summed E-state index contributed by atoms with van der Waals surface area (Å²) in [5.74, 6) is 0.767. The Bertz CT molecular complexity index is 390. The first-order valence-electron chi connectivity index (χ1n) is 4.92. The van der Waals surface area contributed by atoms with Gasteiger partial charge in [-0.15, -0.1) is 0 Å². The summed E-state index contributed by atoms with van der Waals surface area (Å²) < 4.78 is 5.60. The molecule has 2 heteroatoms. The summed E-state index contributed by atoms with van der Waals surface area (Å²) >= 11 is 0. The van der Waals surface area contributed by atoms with Crippen LogP contribution in [0, 0.1) is 0 Å². The third-order valence-corrected chi connectivity index (χ3v) is 2.03. The summed E-state index contributed by atoms with van der Waals surface area (Å²) in [7, 11) is 0. The molecule has 0 atom stereocenters. The minimum atomic E-state index is 0.585. The Balaban J connectivity index is 1.91. The number of hydrogen-bond acceptors (Lipinski definition) is 2. The molecule has 1 aromatic rings. The van der Waals surface area contributed by atoms with Gasteiger partial charge in [-0.3, -0.25) is 0 Å². The predicted octanol–water partition coefficient (Wildman–Crippen LogP) is 2.72. The van der Waals surface area contributed by atoms with Crippen molar-refractivity contribution in [2.75, 3.05) is 0 Å². The Kier molecular flexibility index (Phi) is 3.23. The van der Waals surface area contributed by atoms with E-state index in [0.29, 0.717) is 6.61 Å². The zero-order valence-corrected chi connectivity index (χ0v) is 8.39. The van der Waals surface area contributed by atoms with Crippen LogP contribution in [0.2, 0.25) is 0 Å². The first-order valence-corrected chi connectivity index (χ1v) is 4.92. The van der Waals surface area contributed by atoms with E-state index in [0.717, 1.165) is 11.4 Å². The molecule has 1 N–H and O–H groups in total. The lowest BCUT2D eigenvalue weighted by molar-refractivity contribution is 0.185. The lowest BCUT2D eigenvalue weighted by atomic mass is 10.2. The largest absolute Gasteiger partial charge is 0.474 e. The van der Waals surface area contributed by atoms with E-state index < -0.39 is 0 Å². The summed E-state index contributed by atoms with van der Waals surface area (Å²) in [5, 5.41) is 3.05. The van der Waals surface area contributed by atoms with Gasteiger partial charge in [0.2, 0.25) is 0 Å². The van der Waals surface area contributed by atoms with Crippen molar-refractivity contribution in [3.05, 3.63) is 72.3 Å². The number of nitrogens with one attached hydrogen (secondary N) is 1. The SMILES string of the molecule is C1=CC=C(OCc2ccccc2)NC=C1. The third-order valence-electron chi connectivity index (χ3n) is 2.03.